The highest BCUT2D eigenvalue weighted by molar-refractivity contribution is 5.61. The van der Waals surface area contributed by atoms with Gasteiger partial charge in [0.25, 0.3) is 0 Å². The Morgan fingerprint density at radius 1 is 1.33 bits per heavy atom. The number of fused-ring (bicyclic) bond motifs is 1. The highest BCUT2D eigenvalue weighted by Gasteiger charge is 2.15. The molecule has 1 heteroatoms. The van der Waals surface area contributed by atoms with Crippen molar-refractivity contribution in [1.29, 1.82) is 0 Å². The maximum Gasteiger partial charge on any atom is 0.0446 e. The second-order valence-corrected chi connectivity index (χ2v) is 2.48. The molecule has 1 aromatic carbocycles. The van der Waals surface area contributed by atoms with Crippen molar-refractivity contribution >= 4 is 5.69 Å². The first-order valence-corrected chi connectivity index (χ1v) is 3.17. The van der Waals surface area contributed by atoms with Crippen molar-refractivity contribution in [3.05, 3.63) is 29.8 Å². The monoisotopic (exact) mass is 119 g/mol. The number of nitrogens with zero attached hydrogens (tertiary/aromatic N) is 1. The number of hydrogen-bond acceptors (Lipinski definition) is 1. The van der Waals surface area contributed by atoms with Gasteiger partial charge in [0.2, 0.25) is 0 Å². The normalized spacial score (nSPS) is 14.6. The summed E-state index contributed by atoms with van der Waals surface area (Å²) in [5.41, 5.74) is 2.86. The van der Waals surface area contributed by atoms with Gasteiger partial charge >= 0.3 is 0 Å². The molecule has 1 heterocycles. The van der Waals surface area contributed by atoms with Crippen LogP contribution in [-0.2, 0) is 6.54 Å². The third-order valence-electron chi connectivity index (χ3n) is 1.81. The molecule has 0 fully saturated rings. The molecule has 0 saturated heterocycles. The molecule has 0 aliphatic carbocycles. The van der Waals surface area contributed by atoms with Crippen molar-refractivity contribution in [2.24, 2.45) is 0 Å². The summed E-state index contributed by atoms with van der Waals surface area (Å²) in [6.45, 7) is 1.12. The van der Waals surface area contributed by atoms with Gasteiger partial charge in [-0.1, -0.05) is 18.2 Å². The molecule has 0 saturated carbocycles. The first-order valence-electron chi connectivity index (χ1n) is 3.17. The third-order valence-corrected chi connectivity index (χ3v) is 1.81. The Morgan fingerprint density at radius 3 is 2.67 bits per heavy atom. The first-order chi connectivity index (χ1) is 4.38. The maximum absolute atomic E-state index is 2.25. The average molecular weight is 119 g/mol. The van der Waals surface area contributed by atoms with Crippen LogP contribution >= 0.6 is 0 Å². The molecule has 0 atom stereocenters. The Hall–Kier alpha value is -0.980. The van der Waals surface area contributed by atoms with E-state index in [0.717, 1.165) is 6.54 Å². The summed E-state index contributed by atoms with van der Waals surface area (Å²) in [5, 5.41) is 0. The van der Waals surface area contributed by atoms with Gasteiger partial charge in [0.05, 0.1) is 0 Å². The summed E-state index contributed by atoms with van der Waals surface area (Å²) in [4.78, 5) is 2.25. The van der Waals surface area contributed by atoms with Crippen molar-refractivity contribution in [2.45, 2.75) is 6.54 Å². The molecule has 0 amide bonds. The summed E-state index contributed by atoms with van der Waals surface area (Å²) < 4.78 is 0. The third kappa shape index (κ3) is 0.545. The van der Waals surface area contributed by atoms with E-state index in [1.165, 1.54) is 11.3 Å². The largest absolute Gasteiger partial charge is 0.370 e. The minimum absolute atomic E-state index is 1.12. The van der Waals surface area contributed by atoms with Gasteiger partial charge in [-0.15, -0.1) is 0 Å². The SMILES string of the molecule is CN1Cc2ccccc21. The molecule has 0 unspecified atom stereocenters. The van der Waals surface area contributed by atoms with Crippen LogP contribution in [0, 0.1) is 0 Å². The molecule has 1 nitrogen and oxygen atoms in total. The molecule has 46 valence electrons. The topological polar surface area (TPSA) is 3.24 Å². The lowest BCUT2D eigenvalue weighted by Gasteiger charge is -2.31. The summed E-state index contributed by atoms with van der Waals surface area (Å²) >= 11 is 0. The molecule has 9 heavy (non-hydrogen) atoms. The zero-order valence-electron chi connectivity index (χ0n) is 5.46. The number of benzene rings is 1. The standard InChI is InChI=1S/C8H9N/c1-9-6-7-4-2-3-5-8(7)9/h2-5H,6H2,1H3. The van der Waals surface area contributed by atoms with Crippen LogP contribution in [0.25, 0.3) is 0 Å². The molecular formula is C8H9N. The van der Waals surface area contributed by atoms with Crippen LogP contribution < -0.4 is 4.90 Å². The summed E-state index contributed by atoms with van der Waals surface area (Å²) in [6, 6.07) is 8.49. The van der Waals surface area contributed by atoms with E-state index >= 15 is 0 Å². The van der Waals surface area contributed by atoms with Crippen molar-refractivity contribution in [3.63, 3.8) is 0 Å². The summed E-state index contributed by atoms with van der Waals surface area (Å²) in [6.07, 6.45) is 0. The van der Waals surface area contributed by atoms with Gasteiger partial charge in [-0.2, -0.15) is 0 Å². The molecule has 2 rings (SSSR count). The Labute approximate surface area is 54.9 Å². The quantitative estimate of drug-likeness (QED) is 0.501. The van der Waals surface area contributed by atoms with Crippen LogP contribution in [-0.4, -0.2) is 7.05 Å². The molecule has 0 radical (unpaired) electrons. The molecule has 0 aromatic heterocycles. The summed E-state index contributed by atoms with van der Waals surface area (Å²) in [7, 11) is 2.11. The van der Waals surface area contributed by atoms with E-state index in [1.807, 2.05) is 0 Å². The number of rotatable bonds is 0. The molecule has 1 aliphatic rings. The predicted octanol–water partition coefficient (Wildman–Crippen LogP) is 1.64. The maximum atomic E-state index is 2.25. The van der Waals surface area contributed by atoms with Gasteiger partial charge in [0.1, 0.15) is 0 Å². The average Bonchev–Trinajstić information content (AvgIpc) is 1.86. The zero-order chi connectivity index (χ0) is 6.27. The van der Waals surface area contributed by atoms with Gasteiger partial charge in [-0.05, 0) is 11.6 Å². The smallest absolute Gasteiger partial charge is 0.0446 e. The van der Waals surface area contributed by atoms with E-state index in [0.29, 0.717) is 0 Å². The van der Waals surface area contributed by atoms with Gasteiger partial charge in [0, 0.05) is 19.3 Å². The second-order valence-electron chi connectivity index (χ2n) is 2.48. The minimum Gasteiger partial charge on any atom is -0.370 e. The fourth-order valence-electron chi connectivity index (χ4n) is 1.27. The molecule has 0 spiro atoms. The number of anilines is 1. The van der Waals surface area contributed by atoms with Crippen molar-refractivity contribution in [1.82, 2.24) is 0 Å². The van der Waals surface area contributed by atoms with E-state index in [-0.39, 0.29) is 0 Å². The van der Waals surface area contributed by atoms with Crippen LogP contribution in [0.5, 0.6) is 0 Å². The van der Waals surface area contributed by atoms with Gasteiger partial charge in [0.15, 0.2) is 0 Å². The van der Waals surface area contributed by atoms with E-state index in [2.05, 4.69) is 36.2 Å². The predicted molar refractivity (Wildman–Crippen MR) is 38.5 cm³/mol. The van der Waals surface area contributed by atoms with Gasteiger partial charge < -0.3 is 4.90 Å². The molecule has 0 N–H and O–H groups in total. The van der Waals surface area contributed by atoms with Gasteiger partial charge in [-0.3, -0.25) is 0 Å². The van der Waals surface area contributed by atoms with E-state index in [1.54, 1.807) is 0 Å². The van der Waals surface area contributed by atoms with Crippen LogP contribution in [0.2, 0.25) is 0 Å². The Bertz CT molecular complexity index is 230. The lowest BCUT2D eigenvalue weighted by molar-refractivity contribution is 0.837. The summed E-state index contributed by atoms with van der Waals surface area (Å²) in [5.74, 6) is 0. The number of para-hydroxylation sites is 1. The fraction of sp³-hybridized carbons (Fsp3) is 0.250. The zero-order valence-corrected chi connectivity index (χ0v) is 5.46. The fourth-order valence-corrected chi connectivity index (χ4v) is 1.27. The first kappa shape index (κ1) is 4.86. The molecule has 1 aliphatic heterocycles. The number of hydrogen-bond donors (Lipinski definition) is 0. The van der Waals surface area contributed by atoms with E-state index in [9.17, 15) is 0 Å². The Balaban J connectivity index is 2.51. The molecule has 1 aromatic rings. The molecular weight excluding hydrogens is 110 g/mol. The molecule has 0 bridgehead atoms. The Kier molecular flexibility index (Phi) is 0.810. The second kappa shape index (κ2) is 1.50. The highest BCUT2D eigenvalue weighted by atomic mass is 15.1. The van der Waals surface area contributed by atoms with Crippen LogP contribution in [0.4, 0.5) is 5.69 Å². The van der Waals surface area contributed by atoms with Crippen LogP contribution in [0.3, 0.4) is 0 Å². The van der Waals surface area contributed by atoms with Crippen molar-refractivity contribution in [3.8, 4) is 0 Å². The van der Waals surface area contributed by atoms with E-state index in [4.69, 9.17) is 0 Å². The van der Waals surface area contributed by atoms with Crippen LogP contribution in [0.15, 0.2) is 24.3 Å². The van der Waals surface area contributed by atoms with Crippen LogP contribution in [0.1, 0.15) is 5.56 Å². The van der Waals surface area contributed by atoms with Crippen molar-refractivity contribution in [2.75, 3.05) is 11.9 Å². The lowest BCUT2D eigenvalue weighted by Crippen LogP contribution is -2.27. The van der Waals surface area contributed by atoms with E-state index < -0.39 is 0 Å². The van der Waals surface area contributed by atoms with Gasteiger partial charge in [-0.25, -0.2) is 0 Å². The highest BCUT2D eigenvalue weighted by Crippen LogP contribution is 2.29. The minimum atomic E-state index is 1.12. The lowest BCUT2D eigenvalue weighted by atomic mass is 10.1. The Morgan fingerprint density at radius 2 is 2.11 bits per heavy atom. The van der Waals surface area contributed by atoms with Crippen molar-refractivity contribution < 1.29 is 0 Å².